The molecular weight excluding hydrogens is 542 g/mol. The minimum absolute atomic E-state index is 0.153. The first-order valence-corrected chi connectivity index (χ1v) is 12.0. The van der Waals surface area contributed by atoms with Gasteiger partial charge >= 0.3 is 5.97 Å². The Bertz CT molecular complexity index is 1290. The summed E-state index contributed by atoms with van der Waals surface area (Å²) in [5.74, 6) is -0.412. The fraction of sp³-hybridized carbons (Fsp3) is 0.0800. The van der Waals surface area contributed by atoms with Crippen molar-refractivity contribution >= 4 is 62.5 Å². The molecule has 0 bridgehead atoms. The van der Waals surface area contributed by atoms with Gasteiger partial charge in [-0.1, -0.05) is 41.9 Å². The molecule has 1 aliphatic heterocycles. The quantitative estimate of drug-likeness (QED) is 0.194. The van der Waals surface area contributed by atoms with E-state index in [-0.39, 0.29) is 28.3 Å². The summed E-state index contributed by atoms with van der Waals surface area (Å²) in [6.45, 7) is 0.153. The van der Waals surface area contributed by atoms with Crippen LogP contribution in [0.15, 0.2) is 76.1 Å². The third kappa shape index (κ3) is 5.35. The molecule has 0 N–H and O–H groups in total. The molecule has 1 fully saturated rings. The Morgan fingerprint density at radius 3 is 2.47 bits per heavy atom. The first-order chi connectivity index (χ1) is 16.4. The average molecular weight is 559 g/mol. The van der Waals surface area contributed by atoms with Gasteiger partial charge in [0.25, 0.3) is 11.1 Å². The summed E-state index contributed by atoms with van der Waals surface area (Å²) in [5.41, 5.74) is 1.79. The number of halogens is 2. The molecule has 1 saturated heterocycles. The molecular formula is C25H17BrClNO5S. The summed E-state index contributed by atoms with van der Waals surface area (Å²) in [4.78, 5) is 39.3. The lowest BCUT2D eigenvalue weighted by Gasteiger charge is -2.13. The van der Waals surface area contributed by atoms with Gasteiger partial charge in [-0.2, -0.15) is 0 Å². The van der Waals surface area contributed by atoms with Crippen LogP contribution in [-0.2, 0) is 11.3 Å². The summed E-state index contributed by atoms with van der Waals surface area (Å²) in [6, 6.07) is 18.9. The van der Waals surface area contributed by atoms with Gasteiger partial charge in [-0.3, -0.25) is 14.5 Å². The number of hydrogen-bond donors (Lipinski definition) is 0. The Hall–Kier alpha value is -3.07. The maximum atomic E-state index is 12.9. The van der Waals surface area contributed by atoms with E-state index in [9.17, 15) is 14.4 Å². The molecule has 4 rings (SSSR count). The van der Waals surface area contributed by atoms with Crippen molar-refractivity contribution in [3.8, 4) is 11.5 Å². The molecule has 0 aromatic heterocycles. The molecule has 3 aromatic rings. The van der Waals surface area contributed by atoms with E-state index < -0.39 is 5.97 Å². The van der Waals surface area contributed by atoms with E-state index in [1.54, 1.807) is 72.8 Å². The van der Waals surface area contributed by atoms with Gasteiger partial charge in [-0.05, 0) is 81.3 Å². The van der Waals surface area contributed by atoms with Gasteiger partial charge in [0, 0.05) is 5.02 Å². The van der Waals surface area contributed by atoms with Gasteiger partial charge in [0.2, 0.25) is 0 Å². The molecule has 3 aromatic carbocycles. The number of benzene rings is 3. The number of hydrogen-bond acceptors (Lipinski definition) is 6. The highest BCUT2D eigenvalue weighted by atomic mass is 79.9. The van der Waals surface area contributed by atoms with E-state index in [1.807, 2.05) is 0 Å². The van der Waals surface area contributed by atoms with Crippen LogP contribution in [0.2, 0.25) is 5.02 Å². The third-order valence-corrected chi connectivity index (χ3v) is 6.63. The Kier molecular flexibility index (Phi) is 7.41. The van der Waals surface area contributed by atoms with Gasteiger partial charge in [0.05, 0.1) is 28.6 Å². The minimum atomic E-state index is -0.532. The molecule has 34 heavy (non-hydrogen) atoms. The number of methoxy groups -OCH3 is 1. The summed E-state index contributed by atoms with van der Waals surface area (Å²) < 4.78 is 11.4. The second-order valence-corrected chi connectivity index (χ2v) is 9.47. The maximum absolute atomic E-state index is 12.9. The van der Waals surface area contributed by atoms with Crippen molar-refractivity contribution in [1.29, 1.82) is 0 Å². The van der Waals surface area contributed by atoms with Crippen LogP contribution in [0, 0.1) is 0 Å². The Balaban J connectivity index is 1.56. The zero-order chi connectivity index (χ0) is 24.2. The smallest absolute Gasteiger partial charge is 0.343 e. The highest BCUT2D eigenvalue weighted by Crippen LogP contribution is 2.39. The van der Waals surface area contributed by atoms with Crippen LogP contribution in [0.1, 0.15) is 21.5 Å². The molecule has 0 unspecified atom stereocenters. The average Bonchev–Trinajstić information content (AvgIpc) is 3.09. The van der Waals surface area contributed by atoms with Crippen molar-refractivity contribution in [1.82, 2.24) is 4.90 Å². The standard InChI is InChI=1S/C25H17BrClNO5S/c1-32-20-12-16(11-19(26)22(20)33-24(30)17-5-3-2-4-6-17)13-21-23(29)28(25(31)34-21)14-15-7-9-18(27)10-8-15/h2-13H,14H2,1H3/b21-13-. The lowest BCUT2D eigenvalue weighted by Crippen LogP contribution is -2.27. The van der Waals surface area contributed by atoms with E-state index >= 15 is 0 Å². The van der Waals surface area contributed by atoms with Crippen LogP contribution in [0.3, 0.4) is 0 Å². The van der Waals surface area contributed by atoms with Gasteiger partial charge in [-0.25, -0.2) is 4.79 Å². The van der Waals surface area contributed by atoms with E-state index in [4.69, 9.17) is 21.1 Å². The molecule has 0 aliphatic carbocycles. The fourth-order valence-corrected chi connectivity index (χ4v) is 4.71. The molecule has 1 aliphatic rings. The van der Waals surface area contributed by atoms with E-state index in [0.29, 0.717) is 26.4 Å². The largest absolute Gasteiger partial charge is 0.493 e. The number of thioether (sulfide) groups is 1. The minimum Gasteiger partial charge on any atom is -0.493 e. The zero-order valence-corrected chi connectivity index (χ0v) is 20.9. The summed E-state index contributed by atoms with van der Waals surface area (Å²) in [6.07, 6.45) is 1.60. The second kappa shape index (κ2) is 10.5. The van der Waals surface area contributed by atoms with Gasteiger partial charge in [0.15, 0.2) is 11.5 Å². The monoisotopic (exact) mass is 557 g/mol. The van der Waals surface area contributed by atoms with Crippen molar-refractivity contribution in [2.24, 2.45) is 0 Å². The number of rotatable bonds is 6. The predicted octanol–water partition coefficient (Wildman–Crippen LogP) is 6.57. The Labute approximate surface area is 213 Å². The summed E-state index contributed by atoms with van der Waals surface area (Å²) in [7, 11) is 1.45. The van der Waals surface area contributed by atoms with Crippen molar-refractivity contribution in [3.05, 3.63) is 97.8 Å². The molecule has 2 amide bonds. The van der Waals surface area contributed by atoms with Crippen molar-refractivity contribution in [2.45, 2.75) is 6.54 Å². The first kappa shape index (κ1) is 24.1. The van der Waals surface area contributed by atoms with Crippen LogP contribution in [0.25, 0.3) is 6.08 Å². The van der Waals surface area contributed by atoms with Crippen LogP contribution in [0.4, 0.5) is 4.79 Å². The SMILES string of the molecule is COc1cc(/C=C2\SC(=O)N(Cc3ccc(Cl)cc3)C2=O)cc(Br)c1OC(=O)c1ccccc1. The molecule has 9 heteroatoms. The Morgan fingerprint density at radius 2 is 1.79 bits per heavy atom. The van der Waals surface area contributed by atoms with Gasteiger partial charge < -0.3 is 9.47 Å². The van der Waals surface area contributed by atoms with Crippen molar-refractivity contribution < 1.29 is 23.9 Å². The van der Waals surface area contributed by atoms with Gasteiger partial charge in [-0.15, -0.1) is 0 Å². The predicted molar refractivity (Wildman–Crippen MR) is 135 cm³/mol. The number of esters is 1. The highest BCUT2D eigenvalue weighted by molar-refractivity contribution is 9.10. The number of amides is 2. The maximum Gasteiger partial charge on any atom is 0.343 e. The number of carbonyl (C=O) groups excluding carboxylic acids is 3. The van der Waals surface area contributed by atoms with E-state index in [0.717, 1.165) is 17.3 Å². The zero-order valence-electron chi connectivity index (χ0n) is 17.8. The van der Waals surface area contributed by atoms with Crippen LogP contribution >= 0.6 is 39.3 Å². The number of carbonyl (C=O) groups is 3. The number of imide groups is 1. The van der Waals surface area contributed by atoms with E-state index in [1.165, 1.54) is 12.0 Å². The molecule has 0 radical (unpaired) electrons. The molecule has 0 saturated carbocycles. The molecule has 172 valence electrons. The summed E-state index contributed by atoms with van der Waals surface area (Å²) in [5, 5.41) is 0.223. The topological polar surface area (TPSA) is 72.9 Å². The molecule has 6 nitrogen and oxygen atoms in total. The van der Waals surface area contributed by atoms with Crippen LogP contribution < -0.4 is 9.47 Å². The van der Waals surface area contributed by atoms with Crippen LogP contribution in [-0.4, -0.2) is 29.1 Å². The van der Waals surface area contributed by atoms with Crippen molar-refractivity contribution in [3.63, 3.8) is 0 Å². The first-order valence-electron chi connectivity index (χ1n) is 10.0. The van der Waals surface area contributed by atoms with Crippen molar-refractivity contribution in [2.75, 3.05) is 7.11 Å². The third-order valence-electron chi connectivity index (χ3n) is 4.88. The summed E-state index contributed by atoms with van der Waals surface area (Å²) >= 11 is 10.2. The number of nitrogens with zero attached hydrogens (tertiary/aromatic N) is 1. The lowest BCUT2D eigenvalue weighted by molar-refractivity contribution is -0.123. The highest BCUT2D eigenvalue weighted by Gasteiger charge is 2.35. The number of ether oxygens (including phenoxy) is 2. The molecule has 0 atom stereocenters. The van der Waals surface area contributed by atoms with E-state index in [2.05, 4.69) is 15.9 Å². The normalized spacial score (nSPS) is 14.6. The second-order valence-electron chi connectivity index (χ2n) is 7.18. The molecule has 1 heterocycles. The van der Waals surface area contributed by atoms with Gasteiger partial charge in [0.1, 0.15) is 0 Å². The van der Waals surface area contributed by atoms with Crippen LogP contribution in [0.5, 0.6) is 11.5 Å². The lowest BCUT2D eigenvalue weighted by atomic mass is 10.1. The fourth-order valence-electron chi connectivity index (χ4n) is 3.21. The Morgan fingerprint density at radius 1 is 1.09 bits per heavy atom. The molecule has 0 spiro atoms.